The third kappa shape index (κ3) is 6.25. The molecule has 172 valence electrons. The van der Waals surface area contributed by atoms with Gasteiger partial charge in [-0.1, -0.05) is 70.2 Å². The number of benzene rings is 2. The molecule has 4 aromatic rings. The van der Waals surface area contributed by atoms with E-state index in [1.807, 2.05) is 57.2 Å². The molecule has 0 bridgehead atoms. The average molecular weight is 445 g/mol. The number of aryl methyl sites for hydroxylation is 1. The molecule has 0 saturated heterocycles. The second kappa shape index (κ2) is 10.9. The lowest BCUT2D eigenvalue weighted by atomic mass is 9.85. The fraction of sp³-hybridized carbons (Fsp3) is 0.333. The van der Waals surface area contributed by atoms with E-state index in [0.29, 0.717) is 17.7 Å². The van der Waals surface area contributed by atoms with Gasteiger partial charge in [-0.05, 0) is 35.6 Å². The van der Waals surface area contributed by atoms with Crippen LogP contribution in [0, 0.1) is 12.3 Å². The van der Waals surface area contributed by atoms with Gasteiger partial charge in [-0.3, -0.25) is 0 Å². The number of fused-ring (bicyclic) bond motifs is 1. The minimum atomic E-state index is 0.0140. The molecule has 0 amide bonds. The van der Waals surface area contributed by atoms with Crippen molar-refractivity contribution in [2.45, 2.75) is 47.5 Å². The number of aromatic nitrogens is 4. The number of methoxy groups -OCH3 is 1. The zero-order valence-corrected chi connectivity index (χ0v) is 20.3. The number of ether oxygens (including phenoxy) is 1. The molecule has 33 heavy (non-hydrogen) atoms. The summed E-state index contributed by atoms with van der Waals surface area (Å²) in [4.78, 5) is 9.40. The van der Waals surface area contributed by atoms with E-state index in [1.165, 1.54) is 0 Å². The Labute approximate surface area is 195 Å². The highest BCUT2D eigenvalue weighted by Gasteiger charge is 2.20. The predicted octanol–water partition coefficient (Wildman–Crippen LogP) is 6.70. The molecule has 0 aliphatic carbocycles. The highest BCUT2D eigenvalue weighted by Crippen LogP contribution is 2.30. The molecule has 0 N–H and O–H groups in total. The Kier molecular flexibility index (Phi) is 7.93. The quantitative estimate of drug-likeness (QED) is 0.316. The van der Waals surface area contributed by atoms with Crippen molar-refractivity contribution in [2.75, 3.05) is 7.11 Å². The Morgan fingerprint density at radius 2 is 1.70 bits per heavy atom. The lowest BCUT2D eigenvalue weighted by Crippen LogP contribution is -2.14. The molecule has 4 rings (SSSR count). The van der Waals surface area contributed by atoms with Gasteiger partial charge in [-0.2, -0.15) is 0 Å². The van der Waals surface area contributed by atoms with Gasteiger partial charge in [0, 0.05) is 18.9 Å². The van der Waals surface area contributed by atoms with E-state index in [4.69, 9.17) is 14.1 Å². The van der Waals surface area contributed by atoms with Crippen LogP contribution in [0.25, 0.3) is 28.4 Å². The molecule has 0 unspecified atom stereocenters. The van der Waals surface area contributed by atoms with Crippen LogP contribution in [0.4, 0.5) is 0 Å². The summed E-state index contributed by atoms with van der Waals surface area (Å²) in [6, 6.07) is 16.0. The minimum absolute atomic E-state index is 0.0140. The van der Waals surface area contributed by atoms with Gasteiger partial charge in [0.1, 0.15) is 5.69 Å². The van der Waals surface area contributed by atoms with Crippen molar-refractivity contribution in [3.8, 4) is 17.1 Å². The first-order valence-electron chi connectivity index (χ1n) is 11.3. The molecular formula is C27H32N4O2. The third-order valence-corrected chi connectivity index (χ3v) is 5.07. The number of para-hydroxylation sites is 2. The molecule has 2 aromatic carbocycles. The summed E-state index contributed by atoms with van der Waals surface area (Å²) in [7, 11) is 1.62. The molecule has 0 fully saturated rings. The molecule has 2 aromatic heterocycles. The molecule has 0 aliphatic heterocycles. The maximum Gasteiger partial charge on any atom is 0.240 e. The van der Waals surface area contributed by atoms with Crippen molar-refractivity contribution in [3.05, 3.63) is 72.0 Å². The fourth-order valence-corrected chi connectivity index (χ4v) is 3.51. The lowest BCUT2D eigenvalue weighted by molar-refractivity contribution is 0.321. The van der Waals surface area contributed by atoms with E-state index in [2.05, 4.69) is 53.3 Å². The highest BCUT2D eigenvalue weighted by atomic mass is 16.5. The zero-order chi connectivity index (χ0) is 23.8. The Balaban J connectivity index is 0.00000149. The Bertz CT molecular complexity index is 1230. The molecule has 6 nitrogen and oxygen atoms in total. The van der Waals surface area contributed by atoms with Crippen LogP contribution in [0.15, 0.2) is 59.0 Å². The molecule has 0 saturated carbocycles. The maximum absolute atomic E-state index is 5.53. The average Bonchev–Trinajstić information content (AvgIpc) is 3.23. The first-order valence-corrected chi connectivity index (χ1v) is 11.3. The van der Waals surface area contributed by atoms with Gasteiger partial charge in [0.2, 0.25) is 17.7 Å². The lowest BCUT2D eigenvalue weighted by Gasteiger charge is -2.20. The van der Waals surface area contributed by atoms with Crippen LogP contribution >= 0.6 is 0 Å². The Morgan fingerprint density at radius 1 is 0.970 bits per heavy atom. The number of hydrogen-bond acceptors (Lipinski definition) is 6. The van der Waals surface area contributed by atoms with Gasteiger partial charge in [-0.15, -0.1) is 10.2 Å². The second-order valence-electron chi connectivity index (χ2n) is 8.36. The van der Waals surface area contributed by atoms with Crippen LogP contribution in [-0.2, 0) is 6.42 Å². The Hall–Kier alpha value is -3.54. The van der Waals surface area contributed by atoms with Crippen molar-refractivity contribution in [1.82, 2.24) is 20.2 Å². The fourth-order valence-electron chi connectivity index (χ4n) is 3.51. The van der Waals surface area contributed by atoms with Crippen molar-refractivity contribution >= 4 is 17.1 Å². The van der Waals surface area contributed by atoms with Crippen molar-refractivity contribution in [3.63, 3.8) is 0 Å². The SMILES string of the molecule is CC.COc1nc2ccccc2nc1-c1cccc(/C=C/CC(C)(C)Cc2nnc(C)o2)c1. The third-order valence-electron chi connectivity index (χ3n) is 5.07. The van der Waals surface area contributed by atoms with E-state index in [0.717, 1.165) is 40.7 Å². The molecule has 0 spiro atoms. The maximum atomic E-state index is 5.53. The van der Waals surface area contributed by atoms with Crippen molar-refractivity contribution in [1.29, 1.82) is 0 Å². The largest absolute Gasteiger partial charge is 0.479 e. The van der Waals surface area contributed by atoms with Crippen LogP contribution in [-0.4, -0.2) is 27.3 Å². The summed E-state index contributed by atoms with van der Waals surface area (Å²) in [5.74, 6) is 1.81. The van der Waals surface area contributed by atoms with E-state index in [1.54, 1.807) is 7.11 Å². The van der Waals surface area contributed by atoms with Crippen LogP contribution in [0.2, 0.25) is 0 Å². The molecule has 2 heterocycles. The van der Waals surface area contributed by atoms with E-state index in [-0.39, 0.29) is 5.41 Å². The van der Waals surface area contributed by atoms with Gasteiger partial charge in [0.25, 0.3) is 0 Å². The molecule has 0 aliphatic rings. The summed E-state index contributed by atoms with van der Waals surface area (Å²) < 4.78 is 11.1. The van der Waals surface area contributed by atoms with Crippen LogP contribution in [0.3, 0.4) is 0 Å². The summed E-state index contributed by atoms with van der Waals surface area (Å²) in [5, 5.41) is 8.03. The van der Waals surface area contributed by atoms with Crippen molar-refractivity contribution < 1.29 is 9.15 Å². The molecule has 0 radical (unpaired) electrons. The van der Waals surface area contributed by atoms with Gasteiger partial charge in [-0.25, -0.2) is 9.97 Å². The standard InChI is InChI=1S/C25H26N4O2.C2H6/c1-17-28-29-22(31-17)16-25(2,3)14-8-10-18-9-7-11-19(15-18)23-24(30-4)27-21-13-6-5-12-20(21)26-23;1-2/h5-13,15H,14,16H2,1-4H3;1-2H3/b10-8+;. The summed E-state index contributed by atoms with van der Waals surface area (Å²) in [6.45, 7) is 10.2. The first kappa shape index (κ1) is 24.1. The van der Waals surface area contributed by atoms with Crippen LogP contribution < -0.4 is 4.74 Å². The highest BCUT2D eigenvalue weighted by molar-refractivity contribution is 5.80. The second-order valence-corrected chi connectivity index (χ2v) is 8.36. The van der Waals surface area contributed by atoms with Gasteiger partial charge >= 0.3 is 0 Å². The van der Waals surface area contributed by atoms with Crippen LogP contribution in [0.1, 0.15) is 51.5 Å². The number of allylic oxidation sites excluding steroid dienone is 1. The van der Waals surface area contributed by atoms with Gasteiger partial charge in [0.05, 0.1) is 18.1 Å². The topological polar surface area (TPSA) is 73.9 Å². The zero-order valence-electron chi connectivity index (χ0n) is 20.3. The summed E-state index contributed by atoms with van der Waals surface area (Å²) >= 11 is 0. The van der Waals surface area contributed by atoms with E-state index < -0.39 is 0 Å². The Morgan fingerprint density at radius 3 is 2.36 bits per heavy atom. The van der Waals surface area contributed by atoms with E-state index in [9.17, 15) is 0 Å². The van der Waals surface area contributed by atoms with E-state index >= 15 is 0 Å². The number of nitrogens with zero attached hydrogens (tertiary/aromatic N) is 4. The minimum Gasteiger partial charge on any atom is -0.479 e. The number of hydrogen-bond donors (Lipinski definition) is 0. The number of rotatable bonds is 7. The molecule has 0 atom stereocenters. The van der Waals surface area contributed by atoms with Crippen molar-refractivity contribution in [2.24, 2.45) is 5.41 Å². The summed E-state index contributed by atoms with van der Waals surface area (Å²) in [6.07, 6.45) is 5.94. The van der Waals surface area contributed by atoms with Gasteiger partial charge in [0.15, 0.2) is 0 Å². The first-order chi connectivity index (χ1) is 15.9. The normalized spacial score (nSPS) is 11.5. The molecular weight excluding hydrogens is 412 g/mol. The predicted molar refractivity (Wildman–Crippen MR) is 133 cm³/mol. The molecule has 6 heteroatoms. The van der Waals surface area contributed by atoms with Crippen LogP contribution in [0.5, 0.6) is 5.88 Å². The smallest absolute Gasteiger partial charge is 0.240 e. The monoisotopic (exact) mass is 444 g/mol. The van der Waals surface area contributed by atoms with Gasteiger partial charge < -0.3 is 9.15 Å². The summed E-state index contributed by atoms with van der Waals surface area (Å²) in [5.41, 5.74) is 4.48.